The summed E-state index contributed by atoms with van der Waals surface area (Å²) in [6.07, 6.45) is 4.85. The Labute approximate surface area is 123 Å². The van der Waals surface area contributed by atoms with Gasteiger partial charge in [0.05, 0.1) is 0 Å². The molecule has 2 aliphatic carbocycles. The fourth-order valence-electron chi connectivity index (χ4n) is 2.99. The van der Waals surface area contributed by atoms with Crippen LogP contribution in [0.3, 0.4) is 0 Å². The number of aromatic amines is 1. The van der Waals surface area contributed by atoms with Crippen LogP contribution in [-0.4, -0.2) is 32.7 Å². The van der Waals surface area contributed by atoms with Gasteiger partial charge in [-0.2, -0.15) is 5.10 Å². The van der Waals surface area contributed by atoms with Crippen molar-refractivity contribution in [3.05, 3.63) is 17.5 Å². The predicted octanol–water partition coefficient (Wildman–Crippen LogP) is 2.05. The normalized spacial score (nSPS) is 29.1. The van der Waals surface area contributed by atoms with E-state index in [-0.39, 0.29) is 5.69 Å². The van der Waals surface area contributed by atoms with Crippen molar-refractivity contribution in [2.75, 3.05) is 0 Å². The largest absolute Gasteiger partial charge is 0.480 e. The molecule has 0 saturated heterocycles. The Morgan fingerprint density at radius 1 is 1.33 bits per heavy atom. The molecule has 2 aliphatic rings. The summed E-state index contributed by atoms with van der Waals surface area (Å²) in [5, 5.41) is 19.1. The molecule has 3 N–H and O–H groups in total. The molecule has 1 amide bonds. The van der Waals surface area contributed by atoms with Crippen molar-refractivity contribution in [1.29, 1.82) is 0 Å². The van der Waals surface area contributed by atoms with E-state index in [1.165, 1.54) is 0 Å². The Morgan fingerprint density at radius 2 is 2.00 bits per heavy atom. The van der Waals surface area contributed by atoms with E-state index in [1.54, 1.807) is 6.07 Å². The van der Waals surface area contributed by atoms with Crippen LogP contribution in [0, 0.1) is 5.92 Å². The summed E-state index contributed by atoms with van der Waals surface area (Å²) in [4.78, 5) is 23.9. The number of amides is 1. The first-order valence-corrected chi connectivity index (χ1v) is 7.61. The molecule has 1 aromatic heterocycles. The molecule has 114 valence electrons. The minimum absolute atomic E-state index is 0.288. The smallest absolute Gasteiger partial charge is 0.329 e. The Balaban J connectivity index is 1.72. The second kappa shape index (κ2) is 5.16. The van der Waals surface area contributed by atoms with Gasteiger partial charge in [0.2, 0.25) is 0 Å². The van der Waals surface area contributed by atoms with Crippen LogP contribution in [0.4, 0.5) is 0 Å². The van der Waals surface area contributed by atoms with Crippen molar-refractivity contribution in [2.24, 2.45) is 5.92 Å². The SMILES string of the molecule is CC1CCC(NC(=O)c2cc(C3CC3)[nH]n2)(C(=O)O)CC1. The molecule has 6 nitrogen and oxygen atoms in total. The van der Waals surface area contributed by atoms with Gasteiger partial charge in [-0.1, -0.05) is 6.92 Å². The highest BCUT2D eigenvalue weighted by molar-refractivity contribution is 5.96. The highest BCUT2D eigenvalue weighted by Crippen LogP contribution is 2.39. The highest BCUT2D eigenvalue weighted by Gasteiger charge is 2.43. The number of carboxylic acid groups (broad SMARTS) is 1. The topological polar surface area (TPSA) is 95.1 Å². The third kappa shape index (κ3) is 2.80. The van der Waals surface area contributed by atoms with Crippen molar-refractivity contribution in [3.63, 3.8) is 0 Å². The second-order valence-corrected chi connectivity index (χ2v) is 6.51. The number of hydrogen-bond donors (Lipinski definition) is 3. The van der Waals surface area contributed by atoms with Gasteiger partial charge in [-0.05, 0) is 50.5 Å². The molecule has 0 aromatic carbocycles. The van der Waals surface area contributed by atoms with Crippen LogP contribution in [0.2, 0.25) is 0 Å². The lowest BCUT2D eigenvalue weighted by Gasteiger charge is -2.36. The molecular formula is C15H21N3O3. The number of aromatic nitrogens is 2. The van der Waals surface area contributed by atoms with Gasteiger partial charge >= 0.3 is 5.97 Å². The van der Waals surface area contributed by atoms with E-state index in [4.69, 9.17) is 0 Å². The summed E-state index contributed by atoms with van der Waals surface area (Å²) in [7, 11) is 0. The van der Waals surface area contributed by atoms with E-state index in [0.717, 1.165) is 31.4 Å². The van der Waals surface area contributed by atoms with Crippen LogP contribution in [0.1, 0.15) is 67.5 Å². The summed E-state index contributed by atoms with van der Waals surface area (Å²) < 4.78 is 0. The molecule has 0 aliphatic heterocycles. The van der Waals surface area contributed by atoms with Crippen molar-refractivity contribution in [2.45, 2.75) is 56.9 Å². The molecule has 0 radical (unpaired) electrons. The Morgan fingerprint density at radius 3 is 2.57 bits per heavy atom. The number of carboxylic acids is 1. The average Bonchev–Trinajstić information content (AvgIpc) is 3.18. The van der Waals surface area contributed by atoms with Crippen molar-refractivity contribution < 1.29 is 14.7 Å². The molecular weight excluding hydrogens is 270 g/mol. The zero-order valence-corrected chi connectivity index (χ0v) is 12.2. The van der Waals surface area contributed by atoms with Crippen molar-refractivity contribution in [3.8, 4) is 0 Å². The maximum atomic E-state index is 12.3. The molecule has 1 aromatic rings. The molecule has 0 unspecified atom stereocenters. The molecule has 3 rings (SSSR count). The van der Waals surface area contributed by atoms with Gasteiger partial charge < -0.3 is 10.4 Å². The summed E-state index contributed by atoms with van der Waals surface area (Å²) in [5.41, 5.74) is 0.125. The number of hydrogen-bond acceptors (Lipinski definition) is 3. The number of nitrogens with one attached hydrogen (secondary N) is 2. The Bertz CT molecular complexity index is 554. The molecule has 1 heterocycles. The van der Waals surface area contributed by atoms with E-state index in [0.29, 0.717) is 24.7 Å². The lowest BCUT2D eigenvalue weighted by atomic mass is 9.77. The first-order chi connectivity index (χ1) is 10.00. The van der Waals surface area contributed by atoms with Gasteiger partial charge in [0.25, 0.3) is 5.91 Å². The van der Waals surface area contributed by atoms with E-state index >= 15 is 0 Å². The van der Waals surface area contributed by atoms with Gasteiger partial charge in [0, 0.05) is 11.6 Å². The maximum Gasteiger partial charge on any atom is 0.329 e. The minimum Gasteiger partial charge on any atom is -0.480 e. The number of carbonyl (C=O) groups is 2. The van der Waals surface area contributed by atoms with Crippen LogP contribution in [0.15, 0.2) is 6.07 Å². The van der Waals surface area contributed by atoms with Crippen LogP contribution in [0.25, 0.3) is 0 Å². The predicted molar refractivity (Wildman–Crippen MR) is 76.0 cm³/mol. The monoisotopic (exact) mass is 291 g/mol. The van der Waals surface area contributed by atoms with E-state index in [2.05, 4.69) is 22.4 Å². The van der Waals surface area contributed by atoms with Crippen LogP contribution in [0.5, 0.6) is 0 Å². The molecule has 0 bridgehead atoms. The zero-order chi connectivity index (χ0) is 15.0. The Kier molecular flexibility index (Phi) is 3.47. The van der Waals surface area contributed by atoms with Gasteiger partial charge in [-0.15, -0.1) is 0 Å². The molecule has 2 fully saturated rings. The summed E-state index contributed by atoms with van der Waals surface area (Å²) >= 11 is 0. The van der Waals surface area contributed by atoms with Crippen molar-refractivity contribution in [1.82, 2.24) is 15.5 Å². The lowest BCUT2D eigenvalue weighted by molar-refractivity contribution is -0.146. The number of carbonyl (C=O) groups excluding carboxylic acids is 1. The molecule has 2 saturated carbocycles. The number of nitrogens with zero attached hydrogens (tertiary/aromatic N) is 1. The molecule has 0 spiro atoms. The maximum absolute atomic E-state index is 12.3. The number of rotatable bonds is 4. The summed E-state index contributed by atoms with van der Waals surface area (Å²) in [6.45, 7) is 2.11. The quantitative estimate of drug-likeness (QED) is 0.791. The van der Waals surface area contributed by atoms with Crippen LogP contribution in [-0.2, 0) is 4.79 Å². The third-order valence-electron chi connectivity index (χ3n) is 4.74. The van der Waals surface area contributed by atoms with Gasteiger partial charge in [-0.3, -0.25) is 9.89 Å². The van der Waals surface area contributed by atoms with Crippen LogP contribution < -0.4 is 5.32 Å². The third-order valence-corrected chi connectivity index (χ3v) is 4.74. The first-order valence-electron chi connectivity index (χ1n) is 7.61. The number of aliphatic carboxylic acids is 1. The standard InChI is InChI=1S/C15H21N3O3/c1-9-4-6-15(7-5-9,14(20)21)16-13(19)12-8-11(17-18-12)10-2-3-10/h8-10H,2-7H2,1H3,(H,16,19)(H,17,18)(H,20,21). The summed E-state index contributed by atoms with van der Waals surface area (Å²) in [5.74, 6) is -0.333. The first kappa shape index (κ1) is 14.1. The van der Waals surface area contributed by atoms with Gasteiger partial charge in [0.1, 0.15) is 11.2 Å². The molecule has 21 heavy (non-hydrogen) atoms. The van der Waals surface area contributed by atoms with Gasteiger partial charge in [-0.25, -0.2) is 4.79 Å². The Hall–Kier alpha value is -1.85. The van der Waals surface area contributed by atoms with E-state index in [1.807, 2.05) is 0 Å². The summed E-state index contributed by atoms with van der Waals surface area (Å²) in [6, 6.07) is 1.74. The fourth-order valence-corrected chi connectivity index (χ4v) is 2.99. The lowest BCUT2D eigenvalue weighted by Crippen LogP contribution is -2.56. The molecule has 6 heteroatoms. The minimum atomic E-state index is -1.14. The fraction of sp³-hybridized carbons (Fsp3) is 0.667. The highest BCUT2D eigenvalue weighted by atomic mass is 16.4. The molecule has 0 atom stereocenters. The van der Waals surface area contributed by atoms with E-state index in [9.17, 15) is 14.7 Å². The average molecular weight is 291 g/mol. The van der Waals surface area contributed by atoms with Gasteiger partial charge in [0.15, 0.2) is 0 Å². The number of H-pyrrole nitrogens is 1. The van der Waals surface area contributed by atoms with E-state index < -0.39 is 17.4 Å². The van der Waals surface area contributed by atoms with Crippen LogP contribution >= 0.6 is 0 Å². The zero-order valence-electron chi connectivity index (χ0n) is 12.2. The second-order valence-electron chi connectivity index (χ2n) is 6.51. The van der Waals surface area contributed by atoms with Crippen molar-refractivity contribution >= 4 is 11.9 Å².